The quantitative estimate of drug-likeness (QED) is 0.940. The number of benzene rings is 1. The lowest BCUT2D eigenvalue weighted by molar-refractivity contribution is 0.189. The van der Waals surface area contributed by atoms with Gasteiger partial charge in [-0.2, -0.15) is 0 Å². The highest BCUT2D eigenvalue weighted by Crippen LogP contribution is 2.29. The normalized spacial score (nSPS) is 12.4. The minimum atomic E-state index is -0.603. The highest BCUT2D eigenvalue weighted by molar-refractivity contribution is 9.10. The van der Waals surface area contributed by atoms with E-state index in [1.165, 1.54) is 0 Å². The van der Waals surface area contributed by atoms with Gasteiger partial charge in [-0.15, -0.1) is 0 Å². The van der Waals surface area contributed by atoms with Crippen LogP contribution in [0, 0.1) is 6.92 Å². The number of halogens is 1. The van der Waals surface area contributed by atoms with Gasteiger partial charge in [-0.3, -0.25) is 0 Å². The van der Waals surface area contributed by atoms with Gasteiger partial charge in [-0.1, -0.05) is 26.2 Å². The van der Waals surface area contributed by atoms with Crippen molar-refractivity contribution in [2.24, 2.45) is 0 Å². The number of rotatable bonds is 4. The molecule has 0 spiro atoms. The Labute approximate surface area is 113 Å². The van der Waals surface area contributed by atoms with Crippen molar-refractivity contribution in [3.63, 3.8) is 0 Å². The fraction of sp³-hybridized carbons (Fsp3) is 0.333. The summed E-state index contributed by atoms with van der Waals surface area (Å²) in [6.07, 6.45) is -0.603. The molecule has 1 N–H and O–H groups in total. The molecule has 0 bridgehead atoms. The number of hydrogen-bond acceptors (Lipinski definition) is 5. The number of hydrogen-bond donors (Lipinski definition) is 1. The predicted octanol–water partition coefficient (Wildman–Crippen LogP) is 2.77. The lowest BCUT2D eigenvalue weighted by Gasteiger charge is -2.13. The third-order valence-electron chi connectivity index (χ3n) is 2.53. The van der Waals surface area contributed by atoms with Crippen LogP contribution in [0.1, 0.15) is 30.0 Å². The van der Waals surface area contributed by atoms with E-state index in [2.05, 4.69) is 30.9 Å². The van der Waals surface area contributed by atoms with Crippen molar-refractivity contribution in [1.82, 2.24) is 10.3 Å². The molecule has 1 aromatic carbocycles. The SMILES string of the molecule is Cc1nonc1COc1ccc(Br)cc1C(C)O. The van der Waals surface area contributed by atoms with Gasteiger partial charge >= 0.3 is 0 Å². The Morgan fingerprint density at radius 2 is 2.22 bits per heavy atom. The maximum absolute atomic E-state index is 9.69. The van der Waals surface area contributed by atoms with Crippen LogP contribution < -0.4 is 4.74 Å². The van der Waals surface area contributed by atoms with Crippen molar-refractivity contribution in [2.75, 3.05) is 0 Å². The van der Waals surface area contributed by atoms with E-state index in [0.717, 1.165) is 10.0 Å². The fourth-order valence-electron chi connectivity index (χ4n) is 1.50. The molecule has 2 rings (SSSR count). The van der Waals surface area contributed by atoms with E-state index in [-0.39, 0.29) is 6.61 Å². The first kappa shape index (κ1) is 13.0. The number of ether oxygens (including phenoxy) is 1. The van der Waals surface area contributed by atoms with Gasteiger partial charge in [0.2, 0.25) is 0 Å². The second-order valence-corrected chi connectivity index (χ2v) is 4.86. The summed E-state index contributed by atoms with van der Waals surface area (Å²) in [6.45, 7) is 3.75. The van der Waals surface area contributed by atoms with Gasteiger partial charge in [0.15, 0.2) is 0 Å². The van der Waals surface area contributed by atoms with Crippen LogP contribution in [0.3, 0.4) is 0 Å². The standard InChI is InChI=1S/C12H13BrN2O3/c1-7-11(15-18-14-7)6-17-12-4-3-9(13)5-10(12)8(2)16/h3-5,8,16H,6H2,1-2H3. The van der Waals surface area contributed by atoms with Crippen LogP contribution in [0.15, 0.2) is 27.3 Å². The molecule has 0 saturated carbocycles. The third kappa shape index (κ3) is 2.88. The van der Waals surface area contributed by atoms with Gasteiger partial charge in [-0.05, 0) is 32.0 Å². The number of aryl methyl sites for hydroxylation is 1. The zero-order valence-corrected chi connectivity index (χ0v) is 11.6. The summed E-state index contributed by atoms with van der Waals surface area (Å²) in [7, 11) is 0. The van der Waals surface area contributed by atoms with Gasteiger partial charge in [0.25, 0.3) is 0 Å². The molecular weight excluding hydrogens is 300 g/mol. The first-order chi connectivity index (χ1) is 8.58. The zero-order chi connectivity index (χ0) is 13.1. The van der Waals surface area contributed by atoms with Crippen molar-refractivity contribution in [3.05, 3.63) is 39.6 Å². The average molecular weight is 313 g/mol. The topological polar surface area (TPSA) is 68.4 Å². The Balaban J connectivity index is 2.16. The highest BCUT2D eigenvalue weighted by atomic mass is 79.9. The van der Waals surface area contributed by atoms with E-state index in [0.29, 0.717) is 17.1 Å². The van der Waals surface area contributed by atoms with Crippen LogP contribution in [-0.2, 0) is 6.61 Å². The Hall–Kier alpha value is -1.40. The lowest BCUT2D eigenvalue weighted by Crippen LogP contribution is -2.02. The third-order valence-corrected chi connectivity index (χ3v) is 3.03. The van der Waals surface area contributed by atoms with Crippen LogP contribution in [0.5, 0.6) is 5.75 Å². The van der Waals surface area contributed by atoms with Gasteiger partial charge in [0.05, 0.1) is 6.10 Å². The summed E-state index contributed by atoms with van der Waals surface area (Å²) in [5.41, 5.74) is 2.07. The molecule has 1 heterocycles. The predicted molar refractivity (Wildman–Crippen MR) is 68.1 cm³/mol. The molecule has 1 atom stereocenters. The Kier molecular flexibility index (Phi) is 3.98. The van der Waals surface area contributed by atoms with Crippen molar-refractivity contribution in [2.45, 2.75) is 26.6 Å². The number of aliphatic hydroxyl groups is 1. The monoisotopic (exact) mass is 312 g/mol. The second kappa shape index (κ2) is 5.49. The molecular formula is C12H13BrN2O3. The van der Waals surface area contributed by atoms with Crippen LogP contribution in [0.2, 0.25) is 0 Å². The summed E-state index contributed by atoms with van der Waals surface area (Å²) in [5.74, 6) is 0.621. The van der Waals surface area contributed by atoms with E-state index >= 15 is 0 Å². The molecule has 18 heavy (non-hydrogen) atoms. The van der Waals surface area contributed by atoms with E-state index in [1.807, 2.05) is 12.1 Å². The first-order valence-electron chi connectivity index (χ1n) is 5.46. The molecule has 6 heteroatoms. The average Bonchev–Trinajstić information content (AvgIpc) is 2.73. The maximum Gasteiger partial charge on any atom is 0.145 e. The van der Waals surface area contributed by atoms with Crippen molar-refractivity contribution < 1.29 is 14.5 Å². The summed E-state index contributed by atoms with van der Waals surface area (Å²) in [5, 5.41) is 17.1. The first-order valence-corrected chi connectivity index (χ1v) is 6.25. The summed E-state index contributed by atoms with van der Waals surface area (Å²) in [6, 6.07) is 5.48. The lowest BCUT2D eigenvalue weighted by atomic mass is 10.1. The second-order valence-electron chi connectivity index (χ2n) is 3.94. The molecule has 96 valence electrons. The largest absolute Gasteiger partial charge is 0.487 e. The molecule has 0 fully saturated rings. The fourth-order valence-corrected chi connectivity index (χ4v) is 1.88. The molecule has 0 aliphatic carbocycles. The van der Waals surface area contributed by atoms with Gasteiger partial charge in [0, 0.05) is 10.0 Å². The van der Waals surface area contributed by atoms with Crippen molar-refractivity contribution in [3.8, 4) is 5.75 Å². The number of aliphatic hydroxyl groups excluding tert-OH is 1. The molecule has 0 radical (unpaired) electrons. The smallest absolute Gasteiger partial charge is 0.145 e. The number of nitrogens with zero attached hydrogens (tertiary/aromatic N) is 2. The van der Waals surface area contributed by atoms with Gasteiger partial charge in [0.1, 0.15) is 23.7 Å². The van der Waals surface area contributed by atoms with E-state index in [4.69, 9.17) is 4.74 Å². The molecule has 2 aromatic rings. The molecule has 1 aromatic heterocycles. The van der Waals surface area contributed by atoms with Crippen molar-refractivity contribution >= 4 is 15.9 Å². The molecule has 0 aliphatic heterocycles. The summed E-state index contributed by atoms with van der Waals surface area (Å²) >= 11 is 3.36. The van der Waals surface area contributed by atoms with E-state index in [1.54, 1.807) is 19.9 Å². The van der Waals surface area contributed by atoms with Crippen molar-refractivity contribution in [1.29, 1.82) is 0 Å². The van der Waals surface area contributed by atoms with Gasteiger partial charge in [-0.25, -0.2) is 4.63 Å². The van der Waals surface area contributed by atoms with Crippen LogP contribution in [0.25, 0.3) is 0 Å². The molecule has 5 nitrogen and oxygen atoms in total. The minimum Gasteiger partial charge on any atom is -0.487 e. The Bertz CT molecular complexity index is 540. The summed E-state index contributed by atoms with van der Waals surface area (Å²) in [4.78, 5) is 0. The van der Waals surface area contributed by atoms with Crippen LogP contribution >= 0.6 is 15.9 Å². The molecule has 1 unspecified atom stereocenters. The Morgan fingerprint density at radius 1 is 1.44 bits per heavy atom. The zero-order valence-electron chi connectivity index (χ0n) is 10.1. The molecule has 0 saturated heterocycles. The number of aromatic nitrogens is 2. The van der Waals surface area contributed by atoms with Gasteiger partial charge < -0.3 is 9.84 Å². The molecule has 0 amide bonds. The van der Waals surface area contributed by atoms with E-state index < -0.39 is 6.10 Å². The van der Waals surface area contributed by atoms with Crippen LogP contribution in [0.4, 0.5) is 0 Å². The minimum absolute atomic E-state index is 0.261. The summed E-state index contributed by atoms with van der Waals surface area (Å²) < 4.78 is 11.1. The highest BCUT2D eigenvalue weighted by Gasteiger charge is 2.12. The Morgan fingerprint density at radius 3 is 2.83 bits per heavy atom. The maximum atomic E-state index is 9.69. The van der Waals surface area contributed by atoms with Crippen LogP contribution in [-0.4, -0.2) is 15.4 Å². The van der Waals surface area contributed by atoms with E-state index in [9.17, 15) is 5.11 Å². The molecule has 0 aliphatic rings.